The topological polar surface area (TPSA) is 39.4 Å². The quantitative estimate of drug-likeness (QED) is 0.556. The zero-order valence-corrected chi connectivity index (χ0v) is 5.26. The molecule has 10 heavy (non-hydrogen) atoms. The van der Waals surface area contributed by atoms with Crippen LogP contribution in [-0.4, -0.2) is 13.1 Å². The molecule has 1 aromatic rings. The van der Waals surface area contributed by atoms with Gasteiger partial charge in [-0.25, -0.2) is 9.18 Å². The molecule has 0 aliphatic carbocycles. The third-order valence-corrected chi connectivity index (χ3v) is 0.988. The summed E-state index contributed by atoms with van der Waals surface area (Å²) < 4.78 is 21.1. The number of methoxy groups -OCH3 is 1. The molecular formula is C6H5FO3. The summed E-state index contributed by atoms with van der Waals surface area (Å²) in [6, 6.07) is 1.05. The average Bonchev–Trinajstić information content (AvgIpc) is 2.34. The summed E-state index contributed by atoms with van der Waals surface area (Å²) in [6.07, 6.45) is 1.08. The van der Waals surface area contributed by atoms with E-state index in [9.17, 15) is 9.18 Å². The van der Waals surface area contributed by atoms with E-state index >= 15 is 0 Å². The monoisotopic (exact) mass is 144 g/mol. The smallest absolute Gasteiger partial charge is 0.377 e. The number of carbonyl (C=O) groups is 1. The summed E-state index contributed by atoms with van der Waals surface area (Å²) in [6.45, 7) is 0. The Balaban J connectivity index is 2.93. The predicted octanol–water partition coefficient (Wildman–Crippen LogP) is 1.21. The molecule has 0 saturated heterocycles. The van der Waals surface area contributed by atoms with Crippen LogP contribution in [0.25, 0.3) is 0 Å². The van der Waals surface area contributed by atoms with Crippen molar-refractivity contribution in [2.75, 3.05) is 7.11 Å². The van der Waals surface area contributed by atoms with Crippen LogP contribution in [0.15, 0.2) is 16.7 Å². The van der Waals surface area contributed by atoms with Crippen molar-refractivity contribution in [2.24, 2.45) is 0 Å². The van der Waals surface area contributed by atoms with Crippen LogP contribution in [0.2, 0.25) is 0 Å². The molecule has 0 atom stereocenters. The third kappa shape index (κ3) is 1.00. The molecule has 54 valence electrons. The van der Waals surface area contributed by atoms with Gasteiger partial charge in [-0.2, -0.15) is 0 Å². The highest BCUT2D eigenvalue weighted by molar-refractivity contribution is 5.86. The molecule has 1 rings (SSSR count). The van der Waals surface area contributed by atoms with Crippen molar-refractivity contribution in [1.29, 1.82) is 0 Å². The first-order chi connectivity index (χ1) is 4.75. The van der Waals surface area contributed by atoms with Crippen molar-refractivity contribution in [2.45, 2.75) is 0 Å². The van der Waals surface area contributed by atoms with Gasteiger partial charge < -0.3 is 9.15 Å². The first kappa shape index (κ1) is 6.80. The zero-order valence-electron chi connectivity index (χ0n) is 5.26. The highest BCUT2D eigenvalue weighted by Crippen LogP contribution is 2.08. The van der Waals surface area contributed by atoms with E-state index in [0.717, 1.165) is 19.4 Å². The summed E-state index contributed by atoms with van der Waals surface area (Å²) in [5.41, 5.74) is 0. The van der Waals surface area contributed by atoms with Crippen LogP contribution in [0.3, 0.4) is 0 Å². The molecule has 0 aromatic carbocycles. The summed E-state index contributed by atoms with van der Waals surface area (Å²) in [5.74, 6) is -1.89. The number of ether oxygens (including phenoxy) is 1. The van der Waals surface area contributed by atoms with Crippen molar-refractivity contribution in [3.05, 3.63) is 23.9 Å². The fourth-order valence-corrected chi connectivity index (χ4v) is 0.532. The average molecular weight is 144 g/mol. The number of halogens is 1. The highest BCUT2D eigenvalue weighted by Gasteiger charge is 2.14. The lowest BCUT2D eigenvalue weighted by molar-refractivity contribution is 0.0558. The minimum absolute atomic E-state index is 0.387. The molecule has 0 saturated carbocycles. The van der Waals surface area contributed by atoms with E-state index in [1.807, 2.05) is 0 Å². The van der Waals surface area contributed by atoms with Gasteiger partial charge in [-0.15, -0.1) is 0 Å². The number of hydrogen-bond acceptors (Lipinski definition) is 3. The van der Waals surface area contributed by atoms with Crippen LogP contribution >= 0.6 is 0 Å². The van der Waals surface area contributed by atoms with Crippen molar-refractivity contribution in [1.82, 2.24) is 0 Å². The van der Waals surface area contributed by atoms with E-state index in [1.165, 1.54) is 0 Å². The Bertz CT molecular complexity index is 241. The van der Waals surface area contributed by atoms with Crippen LogP contribution in [0.1, 0.15) is 10.6 Å². The summed E-state index contributed by atoms with van der Waals surface area (Å²) in [4.78, 5) is 10.5. The molecule has 0 unspecified atom stereocenters. The maximum atomic E-state index is 12.4. The highest BCUT2D eigenvalue weighted by atomic mass is 19.1. The second kappa shape index (κ2) is 2.51. The predicted molar refractivity (Wildman–Crippen MR) is 30.0 cm³/mol. The van der Waals surface area contributed by atoms with Gasteiger partial charge in [0.1, 0.15) is 0 Å². The lowest BCUT2D eigenvalue weighted by Crippen LogP contribution is -2.00. The number of furan rings is 1. The Morgan fingerprint density at radius 2 is 2.50 bits per heavy atom. The Morgan fingerprint density at radius 3 is 2.90 bits per heavy atom. The van der Waals surface area contributed by atoms with E-state index in [2.05, 4.69) is 9.15 Å². The number of esters is 1. The van der Waals surface area contributed by atoms with E-state index in [1.54, 1.807) is 0 Å². The van der Waals surface area contributed by atoms with Gasteiger partial charge in [0.2, 0.25) is 5.76 Å². The van der Waals surface area contributed by atoms with Crippen LogP contribution in [0.5, 0.6) is 0 Å². The van der Waals surface area contributed by atoms with E-state index < -0.39 is 11.8 Å². The fraction of sp³-hybridized carbons (Fsp3) is 0.167. The van der Waals surface area contributed by atoms with Gasteiger partial charge in [-0.05, 0) is 0 Å². The van der Waals surface area contributed by atoms with Gasteiger partial charge in [-0.3, -0.25) is 0 Å². The first-order valence-electron chi connectivity index (χ1n) is 2.57. The second-order valence-corrected chi connectivity index (χ2v) is 1.59. The molecule has 0 radical (unpaired) electrons. The molecule has 4 heteroatoms. The first-order valence-corrected chi connectivity index (χ1v) is 2.57. The summed E-state index contributed by atoms with van der Waals surface area (Å²) in [5, 5.41) is 0. The largest absolute Gasteiger partial charge is 0.463 e. The van der Waals surface area contributed by atoms with Gasteiger partial charge >= 0.3 is 5.97 Å². The fourth-order valence-electron chi connectivity index (χ4n) is 0.532. The summed E-state index contributed by atoms with van der Waals surface area (Å²) in [7, 11) is 1.16. The molecule has 0 bridgehead atoms. The lowest BCUT2D eigenvalue weighted by atomic mass is 10.4. The second-order valence-electron chi connectivity index (χ2n) is 1.59. The maximum Gasteiger partial charge on any atom is 0.377 e. The van der Waals surface area contributed by atoms with Crippen molar-refractivity contribution in [3.8, 4) is 0 Å². The third-order valence-electron chi connectivity index (χ3n) is 0.988. The Morgan fingerprint density at radius 1 is 1.80 bits per heavy atom. The standard InChI is InChI=1S/C6H5FO3/c1-9-6(8)5-4(7)2-3-10-5/h2-3H,1H3. The Labute approximate surface area is 56.4 Å². The molecule has 3 nitrogen and oxygen atoms in total. The molecular weight excluding hydrogens is 139 g/mol. The van der Waals surface area contributed by atoms with Gasteiger partial charge in [0.25, 0.3) is 0 Å². The van der Waals surface area contributed by atoms with Crippen molar-refractivity contribution >= 4 is 5.97 Å². The minimum atomic E-state index is -0.803. The van der Waals surface area contributed by atoms with Crippen molar-refractivity contribution < 1.29 is 18.3 Å². The Hall–Kier alpha value is -1.32. The lowest BCUT2D eigenvalue weighted by Gasteiger charge is -1.91. The summed E-state index contributed by atoms with van der Waals surface area (Å²) >= 11 is 0. The van der Waals surface area contributed by atoms with Crippen molar-refractivity contribution in [3.63, 3.8) is 0 Å². The molecule has 0 fully saturated rings. The van der Waals surface area contributed by atoms with E-state index in [0.29, 0.717) is 0 Å². The number of hydrogen-bond donors (Lipinski definition) is 0. The van der Waals surface area contributed by atoms with Gasteiger partial charge in [-0.1, -0.05) is 0 Å². The molecule has 0 aliphatic heterocycles. The Kier molecular flexibility index (Phi) is 1.71. The van der Waals surface area contributed by atoms with Crippen LogP contribution in [0, 0.1) is 5.82 Å². The molecule has 1 heterocycles. The van der Waals surface area contributed by atoms with Crippen LogP contribution in [0.4, 0.5) is 4.39 Å². The van der Waals surface area contributed by atoms with Crippen LogP contribution in [-0.2, 0) is 4.74 Å². The molecule has 0 aliphatic rings. The van der Waals surface area contributed by atoms with Gasteiger partial charge in [0.15, 0.2) is 5.82 Å². The minimum Gasteiger partial charge on any atom is -0.463 e. The molecule has 0 N–H and O–H groups in total. The SMILES string of the molecule is COC(=O)c1occc1F. The molecule has 0 spiro atoms. The van der Waals surface area contributed by atoms with Crippen LogP contribution < -0.4 is 0 Å². The zero-order chi connectivity index (χ0) is 7.56. The van der Waals surface area contributed by atoms with E-state index in [-0.39, 0.29) is 5.76 Å². The normalized spacial score (nSPS) is 9.40. The molecule has 0 amide bonds. The van der Waals surface area contributed by atoms with E-state index in [4.69, 9.17) is 0 Å². The van der Waals surface area contributed by atoms with Gasteiger partial charge in [0, 0.05) is 6.07 Å². The maximum absolute atomic E-state index is 12.4. The number of carbonyl (C=O) groups excluding carboxylic acids is 1. The molecule has 1 aromatic heterocycles. The number of rotatable bonds is 1. The van der Waals surface area contributed by atoms with Gasteiger partial charge in [0.05, 0.1) is 13.4 Å².